The van der Waals surface area contributed by atoms with Gasteiger partial charge < -0.3 is 19.1 Å². The van der Waals surface area contributed by atoms with E-state index in [9.17, 15) is 13.6 Å². The van der Waals surface area contributed by atoms with Crippen LogP contribution in [0.25, 0.3) is 0 Å². The van der Waals surface area contributed by atoms with Crippen molar-refractivity contribution in [1.82, 2.24) is 4.90 Å². The summed E-state index contributed by atoms with van der Waals surface area (Å²) in [7, 11) is 1.60. The summed E-state index contributed by atoms with van der Waals surface area (Å²) in [6.45, 7) is 1.75. The smallest absolute Gasteiger partial charge is 0.395 e. The zero-order valence-electron chi connectivity index (χ0n) is 12.2. The predicted molar refractivity (Wildman–Crippen MR) is 72.9 cm³/mol. The zero-order valence-corrected chi connectivity index (χ0v) is 12.2. The average molecular weight is 313 g/mol. The Hall–Kier alpha value is -1.89. The number of rotatable bonds is 5. The number of fused-ring (bicyclic) bond motifs is 1. The number of methoxy groups -OCH3 is 1. The molecule has 0 N–H and O–H groups in total. The molecule has 1 aromatic rings. The summed E-state index contributed by atoms with van der Waals surface area (Å²) in [6.07, 6.45) is -2.49. The molecule has 1 fully saturated rings. The number of hydrogen-bond donors (Lipinski definition) is 0. The van der Waals surface area contributed by atoms with Gasteiger partial charge in [0.1, 0.15) is 0 Å². The first kappa shape index (κ1) is 15.0. The van der Waals surface area contributed by atoms with E-state index in [0.717, 1.165) is 5.56 Å². The van der Waals surface area contributed by atoms with Crippen molar-refractivity contribution in [3.63, 3.8) is 0 Å². The van der Waals surface area contributed by atoms with E-state index in [1.54, 1.807) is 24.1 Å². The van der Waals surface area contributed by atoms with Gasteiger partial charge in [-0.2, -0.15) is 0 Å². The molecule has 1 saturated heterocycles. The number of likely N-dealkylation sites (tertiary alicyclic amines) is 1. The van der Waals surface area contributed by atoms with E-state index in [1.807, 2.05) is 0 Å². The van der Waals surface area contributed by atoms with Crippen molar-refractivity contribution in [1.29, 1.82) is 0 Å². The lowest BCUT2D eigenvalue weighted by molar-refractivity contribution is -0.286. The molecule has 0 saturated carbocycles. The van der Waals surface area contributed by atoms with Gasteiger partial charge in [0.05, 0.1) is 6.61 Å². The largest absolute Gasteiger partial charge is 0.586 e. The van der Waals surface area contributed by atoms with Crippen LogP contribution >= 0.6 is 0 Å². The highest BCUT2D eigenvalue weighted by Crippen LogP contribution is 2.41. The van der Waals surface area contributed by atoms with E-state index in [1.165, 1.54) is 6.07 Å². The van der Waals surface area contributed by atoms with E-state index in [2.05, 4.69) is 9.47 Å². The fourth-order valence-corrected chi connectivity index (χ4v) is 2.86. The van der Waals surface area contributed by atoms with Crippen LogP contribution in [0, 0.1) is 5.92 Å². The Kier molecular flexibility index (Phi) is 3.90. The summed E-state index contributed by atoms with van der Waals surface area (Å²) in [5, 5.41) is 0. The Labute approximate surface area is 126 Å². The molecule has 0 spiro atoms. The van der Waals surface area contributed by atoms with Crippen LogP contribution in [0.5, 0.6) is 11.5 Å². The monoisotopic (exact) mass is 313 g/mol. The molecule has 5 nitrogen and oxygen atoms in total. The number of amides is 1. The summed E-state index contributed by atoms with van der Waals surface area (Å²) < 4.78 is 39.8. The minimum atomic E-state index is -3.60. The van der Waals surface area contributed by atoms with Gasteiger partial charge in [-0.15, -0.1) is 8.78 Å². The van der Waals surface area contributed by atoms with Gasteiger partial charge in [0, 0.05) is 26.6 Å². The lowest BCUT2D eigenvalue weighted by atomic mass is 9.98. The van der Waals surface area contributed by atoms with Gasteiger partial charge in [-0.3, -0.25) is 4.79 Å². The maximum absolute atomic E-state index is 13.0. The number of nitrogens with zero attached hydrogens (tertiary/aromatic N) is 1. The number of carbonyl (C=O) groups is 1. The summed E-state index contributed by atoms with van der Waals surface area (Å²) in [6, 6.07) is 4.76. The molecule has 0 aromatic heterocycles. The number of hydrogen-bond acceptors (Lipinski definition) is 4. The zero-order chi connectivity index (χ0) is 15.7. The molecule has 7 heteroatoms. The van der Waals surface area contributed by atoms with Crippen molar-refractivity contribution in [3.05, 3.63) is 23.8 Å². The average Bonchev–Trinajstić information content (AvgIpc) is 2.94. The molecule has 2 aliphatic rings. The van der Waals surface area contributed by atoms with Crippen LogP contribution in [-0.2, 0) is 16.0 Å². The third-order valence-corrected chi connectivity index (χ3v) is 3.85. The first-order chi connectivity index (χ1) is 10.5. The number of alkyl halides is 2. The lowest BCUT2D eigenvalue weighted by Gasteiger charge is -2.16. The van der Waals surface area contributed by atoms with Crippen LogP contribution in [0.4, 0.5) is 8.78 Å². The molecular formula is C15H17F2NO4. The second-order valence-electron chi connectivity index (χ2n) is 5.56. The van der Waals surface area contributed by atoms with E-state index >= 15 is 0 Å². The SMILES string of the molecule is COCCN1C[C@@H](Cc2ccc3c(c2)OC(F)(F)O3)CC1=O. The van der Waals surface area contributed by atoms with Gasteiger partial charge in [0.25, 0.3) is 0 Å². The topological polar surface area (TPSA) is 48.0 Å². The summed E-state index contributed by atoms with van der Waals surface area (Å²) >= 11 is 0. The summed E-state index contributed by atoms with van der Waals surface area (Å²) in [4.78, 5) is 13.7. The highest BCUT2D eigenvalue weighted by atomic mass is 19.3. The molecule has 120 valence electrons. The quantitative estimate of drug-likeness (QED) is 0.835. The molecule has 1 atom stereocenters. The van der Waals surface area contributed by atoms with Crippen molar-refractivity contribution in [2.75, 3.05) is 26.8 Å². The Bertz CT molecular complexity index is 579. The van der Waals surface area contributed by atoms with Crippen molar-refractivity contribution in [2.24, 2.45) is 5.92 Å². The van der Waals surface area contributed by atoms with Gasteiger partial charge in [-0.05, 0) is 30.0 Å². The maximum Gasteiger partial charge on any atom is 0.586 e. The Morgan fingerprint density at radius 2 is 2.14 bits per heavy atom. The second kappa shape index (κ2) is 5.72. The molecule has 0 bridgehead atoms. The molecular weight excluding hydrogens is 296 g/mol. The molecule has 2 aliphatic heterocycles. The van der Waals surface area contributed by atoms with Crippen LogP contribution in [0.1, 0.15) is 12.0 Å². The lowest BCUT2D eigenvalue weighted by Crippen LogP contribution is -2.28. The minimum absolute atomic E-state index is 0.0398. The first-order valence-corrected chi connectivity index (χ1v) is 7.12. The van der Waals surface area contributed by atoms with Crippen LogP contribution in [0.2, 0.25) is 0 Å². The normalized spacial score (nSPS) is 22.4. The Morgan fingerprint density at radius 1 is 1.36 bits per heavy atom. The van der Waals surface area contributed by atoms with Gasteiger partial charge >= 0.3 is 6.29 Å². The van der Waals surface area contributed by atoms with E-state index < -0.39 is 6.29 Å². The molecule has 2 heterocycles. The summed E-state index contributed by atoms with van der Waals surface area (Å²) in [5.41, 5.74) is 0.853. The highest BCUT2D eigenvalue weighted by molar-refractivity contribution is 5.78. The predicted octanol–water partition coefficient (Wildman–Crippen LogP) is 2.05. The highest BCUT2D eigenvalue weighted by Gasteiger charge is 2.43. The molecule has 22 heavy (non-hydrogen) atoms. The van der Waals surface area contributed by atoms with E-state index in [0.29, 0.717) is 32.5 Å². The molecule has 1 amide bonds. The third-order valence-electron chi connectivity index (χ3n) is 3.85. The third kappa shape index (κ3) is 3.14. The first-order valence-electron chi connectivity index (χ1n) is 7.12. The molecule has 1 aromatic carbocycles. The van der Waals surface area contributed by atoms with Crippen LogP contribution in [0.15, 0.2) is 18.2 Å². The van der Waals surface area contributed by atoms with Crippen LogP contribution in [-0.4, -0.2) is 43.9 Å². The Balaban J connectivity index is 1.62. The maximum atomic E-state index is 13.0. The van der Waals surface area contributed by atoms with E-state index in [-0.39, 0.29) is 23.3 Å². The fourth-order valence-electron chi connectivity index (χ4n) is 2.86. The van der Waals surface area contributed by atoms with Crippen LogP contribution < -0.4 is 9.47 Å². The Morgan fingerprint density at radius 3 is 2.91 bits per heavy atom. The van der Waals surface area contributed by atoms with Gasteiger partial charge in [-0.25, -0.2) is 0 Å². The van der Waals surface area contributed by atoms with Crippen molar-refractivity contribution >= 4 is 5.91 Å². The number of ether oxygens (including phenoxy) is 3. The van der Waals surface area contributed by atoms with Crippen molar-refractivity contribution < 1.29 is 27.8 Å². The molecule has 3 rings (SSSR count). The molecule has 0 unspecified atom stereocenters. The van der Waals surface area contributed by atoms with Crippen molar-refractivity contribution in [3.8, 4) is 11.5 Å². The van der Waals surface area contributed by atoms with Gasteiger partial charge in [0.2, 0.25) is 5.91 Å². The summed E-state index contributed by atoms with van der Waals surface area (Å²) in [5.74, 6) is 0.362. The van der Waals surface area contributed by atoms with E-state index in [4.69, 9.17) is 4.74 Å². The minimum Gasteiger partial charge on any atom is -0.395 e. The number of halogens is 2. The standard InChI is InChI=1S/C15H17F2NO4/c1-20-5-4-18-9-11(8-14(18)19)6-10-2-3-12-13(7-10)22-15(16,17)21-12/h2-3,7,11H,4-6,8-9H2,1H3/t11-/m0/s1. The molecule has 0 radical (unpaired) electrons. The second-order valence-corrected chi connectivity index (χ2v) is 5.56. The van der Waals surface area contributed by atoms with Gasteiger partial charge in [-0.1, -0.05) is 6.07 Å². The van der Waals surface area contributed by atoms with Crippen molar-refractivity contribution in [2.45, 2.75) is 19.1 Å². The molecule has 0 aliphatic carbocycles. The number of benzene rings is 1. The van der Waals surface area contributed by atoms with Gasteiger partial charge in [0.15, 0.2) is 11.5 Å². The fraction of sp³-hybridized carbons (Fsp3) is 0.533. The number of carbonyl (C=O) groups excluding carboxylic acids is 1. The van der Waals surface area contributed by atoms with Crippen LogP contribution in [0.3, 0.4) is 0 Å².